The van der Waals surface area contributed by atoms with E-state index in [1.165, 1.54) is 4.80 Å². The lowest BCUT2D eigenvalue weighted by Crippen LogP contribution is -2.22. The summed E-state index contributed by atoms with van der Waals surface area (Å²) in [5.74, 6) is -0.256. The lowest BCUT2D eigenvalue weighted by atomic mass is 10.8. The maximum absolute atomic E-state index is 10.3. The van der Waals surface area contributed by atoms with Crippen molar-refractivity contribution in [3.05, 3.63) is 16.3 Å². The van der Waals surface area contributed by atoms with Crippen molar-refractivity contribution in [1.82, 2.24) is 15.0 Å². The zero-order chi connectivity index (χ0) is 12.2. The molecule has 0 fully saturated rings. The minimum Gasteiger partial charge on any atom is -0.358 e. The summed E-state index contributed by atoms with van der Waals surface area (Å²) in [7, 11) is -1.09. The van der Waals surface area contributed by atoms with Crippen molar-refractivity contribution >= 4 is 13.9 Å². The SMILES string of the molecule is C[Si](C)(C)CCOCn1ncc([N+](=O)[O-])n1. The molecule has 0 aliphatic carbocycles. The number of rotatable bonds is 6. The first-order valence-electron chi connectivity index (χ1n) is 5.01. The largest absolute Gasteiger partial charge is 0.410 e. The van der Waals surface area contributed by atoms with E-state index in [4.69, 9.17) is 4.74 Å². The van der Waals surface area contributed by atoms with Crippen LogP contribution >= 0.6 is 0 Å². The predicted molar refractivity (Wildman–Crippen MR) is 60.8 cm³/mol. The van der Waals surface area contributed by atoms with E-state index in [-0.39, 0.29) is 12.5 Å². The Morgan fingerprint density at radius 3 is 2.75 bits per heavy atom. The molecule has 7 nitrogen and oxygen atoms in total. The van der Waals surface area contributed by atoms with E-state index in [1.54, 1.807) is 0 Å². The van der Waals surface area contributed by atoms with Crippen LogP contribution in [0, 0.1) is 10.1 Å². The number of ether oxygens (including phenoxy) is 1. The van der Waals surface area contributed by atoms with Crippen molar-refractivity contribution in [2.45, 2.75) is 32.4 Å². The highest BCUT2D eigenvalue weighted by molar-refractivity contribution is 6.76. The number of hydrogen-bond acceptors (Lipinski definition) is 5. The Hall–Kier alpha value is -1.28. The quantitative estimate of drug-likeness (QED) is 0.328. The molecule has 0 radical (unpaired) electrons. The standard InChI is InChI=1S/C8H16N4O3Si/c1-16(2,3)5-4-15-7-11-9-6-8(10-11)12(13)14/h6H,4-5,7H2,1-3H3. The zero-order valence-corrected chi connectivity index (χ0v) is 10.7. The minimum atomic E-state index is -1.09. The molecule has 0 bridgehead atoms. The number of hydrogen-bond donors (Lipinski definition) is 0. The van der Waals surface area contributed by atoms with Crippen LogP contribution in [0.4, 0.5) is 5.82 Å². The predicted octanol–water partition coefficient (Wildman–Crippen LogP) is 1.50. The first-order valence-corrected chi connectivity index (χ1v) is 8.71. The van der Waals surface area contributed by atoms with E-state index in [0.717, 1.165) is 12.2 Å². The molecular formula is C8H16N4O3Si. The molecule has 0 atom stereocenters. The third-order valence-corrected chi connectivity index (χ3v) is 3.62. The van der Waals surface area contributed by atoms with Gasteiger partial charge in [-0.05, 0) is 11.0 Å². The number of nitro groups is 1. The van der Waals surface area contributed by atoms with Gasteiger partial charge in [0.1, 0.15) is 0 Å². The second-order valence-electron chi connectivity index (χ2n) is 4.68. The van der Waals surface area contributed by atoms with Crippen LogP contribution in [-0.2, 0) is 11.5 Å². The number of aromatic nitrogens is 3. The van der Waals surface area contributed by atoms with Gasteiger partial charge in [0.15, 0.2) is 12.9 Å². The van der Waals surface area contributed by atoms with Gasteiger partial charge < -0.3 is 14.9 Å². The maximum Gasteiger partial charge on any atom is 0.410 e. The lowest BCUT2D eigenvalue weighted by Gasteiger charge is -2.14. The Morgan fingerprint density at radius 2 is 2.25 bits per heavy atom. The fraction of sp³-hybridized carbons (Fsp3) is 0.750. The monoisotopic (exact) mass is 244 g/mol. The molecule has 1 heterocycles. The van der Waals surface area contributed by atoms with Crippen LogP contribution < -0.4 is 0 Å². The van der Waals surface area contributed by atoms with Gasteiger partial charge in [0, 0.05) is 14.7 Å². The highest BCUT2D eigenvalue weighted by Crippen LogP contribution is 2.08. The summed E-state index contributed by atoms with van der Waals surface area (Å²) >= 11 is 0. The minimum absolute atomic E-state index is 0.165. The van der Waals surface area contributed by atoms with Crippen molar-refractivity contribution in [1.29, 1.82) is 0 Å². The van der Waals surface area contributed by atoms with Gasteiger partial charge in [0.25, 0.3) is 0 Å². The third kappa shape index (κ3) is 4.49. The van der Waals surface area contributed by atoms with Gasteiger partial charge >= 0.3 is 5.82 Å². The van der Waals surface area contributed by atoms with Gasteiger partial charge in [-0.15, -0.1) is 5.10 Å². The van der Waals surface area contributed by atoms with Crippen molar-refractivity contribution in [2.75, 3.05) is 6.61 Å². The molecule has 0 unspecified atom stereocenters. The Kier molecular flexibility index (Phi) is 4.13. The van der Waals surface area contributed by atoms with Gasteiger partial charge in [-0.25, -0.2) is 0 Å². The molecule has 0 saturated carbocycles. The molecule has 0 aromatic carbocycles. The van der Waals surface area contributed by atoms with Crippen LogP contribution in [0.1, 0.15) is 0 Å². The molecule has 1 aromatic rings. The van der Waals surface area contributed by atoms with Crippen LogP contribution in [0.3, 0.4) is 0 Å². The van der Waals surface area contributed by atoms with Crippen LogP contribution in [0.5, 0.6) is 0 Å². The van der Waals surface area contributed by atoms with E-state index >= 15 is 0 Å². The molecule has 1 aromatic heterocycles. The summed E-state index contributed by atoms with van der Waals surface area (Å²) in [6.07, 6.45) is 1.11. The van der Waals surface area contributed by atoms with Gasteiger partial charge in [0.2, 0.25) is 0 Å². The molecule has 0 aliphatic rings. The summed E-state index contributed by atoms with van der Waals surface area (Å²) in [5, 5.41) is 17.7. The molecule has 0 saturated heterocycles. The van der Waals surface area contributed by atoms with Crippen LogP contribution in [0.15, 0.2) is 6.20 Å². The molecular weight excluding hydrogens is 228 g/mol. The molecule has 16 heavy (non-hydrogen) atoms. The van der Waals surface area contributed by atoms with Crippen LogP contribution in [-0.4, -0.2) is 34.6 Å². The van der Waals surface area contributed by atoms with E-state index in [9.17, 15) is 10.1 Å². The average molecular weight is 244 g/mol. The summed E-state index contributed by atoms with van der Waals surface area (Å²) in [6.45, 7) is 7.58. The Labute approximate surface area is 94.6 Å². The van der Waals surface area contributed by atoms with E-state index in [1.807, 2.05) is 0 Å². The second kappa shape index (κ2) is 5.17. The van der Waals surface area contributed by atoms with Crippen molar-refractivity contribution in [2.24, 2.45) is 0 Å². The molecule has 1 rings (SSSR count). The highest BCUT2D eigenvalue weighted by atomic mass is 28.3. The summed E-state index contributed by atoms with van der Waals surface area (Å²) in [5.41, 5.74) is 0. The Morgan fingerprint density at radius 1 is 1.56 bits per heavy atom. The maximum atomic E-state index is 10.3. The normalized spacial score (nSPS) is 11.7. The molecule has 8 heteroatoms. The van der Waals surface area contributed by atoms with Crippen LogP contribution in [0.25, 0.3) is 0 Å². The van der Waals surface area contributed by atoms with Gasteiger partial charge in [-0.1, -0.05) is 24.4 Å². The smallest absolute Gasteiger partial charge is 0.358 e. The second-order valence-corrected chi connectivity index (χ2v) is 10.3. The number of nitrogens with zero attached hydrogens (tertiary/aromatic N) is 4. The van der Waals surface area contributed by atoms with Crippen molar-refractivity contribution < 1.29 is 9.66 Å². The Bertz CT molecular complexity index is 360. The Balaban J connectivity index is 2.30. The third-order valence-electron chi connectivity index (χ3n) is 1.91. The van der Waals surface area contributed by atoms with Gasteiger partial charge in [-0.3, -0.25) is 0 Å². The molecule has 90 valence electrons. The summed E-state index contributed by atoms with van der Waals surface area (Å²) in [6, 6.07) is 1.05. The molecule has 0 aliphatic heterocycles. The molecule has 0 N–H and O–H groups in total. The van der Waals surface area contributed by atoms with E-state index < -0.39 is 13.0 Å². The zero-order valence-electron chi connectivity index (χ0n) is 9.71. The first-order chi connectivity index (χ1) is 7.38. The topological polar surface area (TPSA) is 83.1 Å². The lowest BCUT2D eigenvalue weighted by molar-refractivity contribution is -0.390. The van der Waals surface area contributed by atoms with Crippen molar-refractivity contribution in [3.63, 3.8) is 0 Å². The average Bonchev–Trinajstić information content (AvgIpc) is 2.59. The molecule has 0 spiro atoms. The summed E-state index contributed by atoms with van der Waals surface area (Å²) in [4.78, 5) is 10.9. The van der Waals surface area contributed by atoms with Crippen LogP contribution in [0.2, 0.25) is 25.7 Å². The van der Waals surface area contributed by atoms with E-state index in [0.29, 0.717) is 6.61 Å². The van der Waals surface area contributed by atoms with E-state index in [2.05, 4.69) is 29.8 Å². The first kappa shape index (κ1) is 12.8. The van der Waals surface area contributed by atoms with Crippen molar-refractivity contribution in [3.8, 4) is 0 Å². The fourth-order valence-corrected chi connectivity index (χ4v) is 1.72. The molecule has 0 amide bonds. The summed E-state index contributed by atoms with van der Waals surface area (Å²) < 4.78 is 5.34. The van der Waals surface area contributed by atoms with Gasteiger partial charge in [0.05, 0.1) is 5.10 Å². The fourth-order valence-electron chi connectivity index (χ4n) is 0.959. The highest BCUT2D eigenvalue weighted by Gasteiger charge is 2.14. The van der Waals surface area contributed by atoms with Gasteiger partial charge in [-0.2, -0.15) is 0 Å².